The second-order valence-corrected chi connectivity index (χ2v) is 4.50. The maximum absolute atomic E-state index is 9.11. The Hall–Kier alpha value is -1.39. The molecule has 1 aromatic carbocycles. The average molecular weight is 235 g/mol. The lowest BCUT2D eigenvalue weighted by atomic mass is 10.2. The number of ether oxygens (including phenoxy) is 1. The van der Waals surface area contributed by atoms with Crippen molar-refractivity contribution < 1.29 is 9.84 Å². The molecule has 1 heterocycles. The summed E-state index contributed by atoms with van der Waals surface area (Å²) in [4.78, 5) is 5.35. The van der Waals surface area contributed by atoms with Gasteiger partial charge in [0.05, 0.1) is 24.3 Å². The fourth-order valence-corrected chi connectivity index (χ4v) is 2.36. The number of nitrogens with zero attached hydrogens (tertiary/aromatic N) is 1. The molecule has 0 aliphatic heterocycles. The van der Waals surface area contributed by atoms with Gasteiger partial charge in [-0.15, -0.1) is 11.3 Å². The van der Waals surface area contributed by atoms with Crippen LogP contribution >= 0.6 is 11.3 Å². The van der Waals surface area contributed by atoms with E-state index in [0.29, 0.717) is 0 Å². The summed E-state index contributed by atoms with van der Waals surface area (Å²) in [5, 5.41) is 10.0. The molecule has 2 rings (SSSR count). The van der Waals surface area contributed by atoms with E-state index in [4.69, 9.17) is 9.84 Å². The zero-order valence-electron chi connectivity index (χ0n) is 9.23. The standard InChI is InChI=1S/C12H13NO2S/c1-8-11(7-14)16-12(13-8)9-3-5-10(15-2)6-4-9/h3-6,14H,7H2,1-2H3. The van der Waals surface area contributed by atoms with Crippen LogP contribution in [0.25, 0.3) is 10.6 Å². The molecule has 16 heavy (non-hydrogen) atoms. The Kier molecular flexibility index (Phi) is 3.22. The predicted octanol–water partition coefficient (Wildman–Crippen LogP) is 2.62. The number of methoxy groups -OCH3 is 1. The molecule has 1 N–H and O–H groups in total. The van der Waals surface area contributed by atoms with E-state index in [2.05, 4.69) is 4.98 Å². The first-order valence-corrected chi connectivity index (χ1v) is 5.78. The van der Waals surface area contributed by atoms with Crippen molar-refractivity contribution in [3.05, 3.63) is 34.8 Å². The Morgan fingerprint density at radius 3 is 2.50 bits per heavy atom. The smallest absolute Gasteiger partial charge is 0.123 e. The van der Waals surface area contributed by atoms with Crippen LogP contribution in [0.3, 0.4) is 0 Å². The van der Waals surface area contributed by atoms with Crippen LogP contribution in [0.4, 0.5) is 0 Å². The van der Waals surface area contributed by atoms with Crippen LogP contribution in [0.15, 0.2) is 24.3 Å². The van der Waals surface area contributed by atoms with Crippen molar-refractivity contribution in [1.29, 1.82) is 0 Å². The highest BCUT2D eigenvalue weighted by Gasteiger charge is 2.08. The van der Waals surface area contributed by atoms with Gasteiger partial charge in [-0.2, -0.15) is 0 Å². The van der Waals surface area contributed by atoms with E-state index in [1.807, 2.05) is 31.2 Å². The third kappa shape index (κ3) is 2.08. The zero-order valence-corrected chi connectivity index (χ0v) is 10.0. The van der Waals surface area contributed by atoms with Crippen LogP contribution in [0, 0.1) is 6.92 Å². The second kappa shape index (κ2) is 4.63. The minimum atomic E-state index is 0.0552. The number of aliphatic hydroxyl groups excluding tert-OH is 1. The monoisotopic (exact) mass is 235 g/mol. The summed E-state index contributed by atoms with van der Waals surface area (Å²) in [5.74, 6) is 0.833. The minimum Gasteiger partial charge on any atom is -0.497 e. The highest BCUT2D eigenvalue weighted by atomic mass is 32.1. The number of benzene rings is 1. The van der Waals surface area contributed by atoms with Gasteiger partial charge in [-0.25, -0.2) is 4.98 Å². The SMILES string of the molecule is COc1ccc(-c2nc(C)c(CO)s2)cc1. The molecule has 0 bridgehead atoms. The molecule has 0 unspecified atom stereocenters. The minimum absolute atomic E-state index is 0.0552. The topological polar surface area (TPSA) is 42.4 Å². The molecule has 0 atom stereocenters. The molecule has 3 nitrogen and oxygen atoms in total. The number of thiazole rings is 1. The van der Waals surface area contributed by atoms with Gasteiger partial charge in [0, 0.05) is 5.56 Å². The average Bonchev–Trinajstić information content (AvgIpc) is 2.71. The molecule has 0 radical (unpaired) electrons. The van der Waals surface area contributed by atoms with Crippen molar-refractivity contribution >= 4 is 11.3 Å². The highest BCUT2D eigenvalue weighted by Crippen LogP contribution is 2.28. The predicted molar refractivity (Wildman–Crippen MR) is 64.8 cm³/mol. The third-order valence-electron chi connectivity index (χ3n) is 2.37. The molecule has 0 fully saturated rings. The number of aryl methyl sites for hydroxylation is 1. The zero-order chi connectivity index (χ0) is 11.5. The molecule has 2 aromatic rings. The van der Waals surface area contributed by atoms with Gasteiger partial charge in [0.1, 0.15) is 10.8 Å². The van der Waals surface area contributed by atoms with Crippen LogP contribution in [0.5, 0.6) is 5.75 Å². The van der Waals surface area contributed by atoms with Crippen molar-refractivity contribution in [3.63, 3.8) is 0 Å². The lowest BCUT2D eigenvalue weighted by Crippen LogP contribution is -1.82. The normalized spacial score (nSPS) is 10.4. The fraction of sp³-hybridized carbons (Fsp3) is 0.250. The van der Waals surface area contributed by atoms with Gasteiger partial charge in [0.25, 0.3) is 0 Å². The molecule has 0 aliphatic rings. The van der Waals surface area contributed by atoms with Crippen molar-refractivity contribution in [2.75, 3.05) is 7.11 Å². The van der Waals surface area contributed by atoms with Gasteiger partial charge < -0.3 is 9.84 Å². The number of hydrogen-bond donors (Lipinski definition) is 1. The number of hydrogen-bond acceptors (Lipinski definition) is 4. The Morgan fingerprint density at radius 2 is 2.00 bits per heavy atom. The van der Waals surface area contributed by atoms with Gasteiger partial charge in [0.2, 0.25) is 0 Å². The lowest BCUT2D eigenvalue weighted by Gasteiger charge is -1.99. The Bertz CT molecular complexity index is 476. The molecule has 0 spiro atoms. The Balaban J connectivity index is 2.34. The van der Waals surface area contributed by atoms with Gasteiger partial charge in [-0.3, -0.25) is 0 Å². The van der Waals surface area contributed by atoms with Crippen LogP contribution in [0.1, 0.15) is 10.6 Å². The van der Waals surface area contributed by atoms with Crippen LogP contribution in [-0.4, -0.2) is 17.2 Å². The van der Waals surface area contributed by atoms with E-state index in [9.17, 15) is 0 Å². The van der Waals surface area contributed by atoms with Gasteiger partial charge in [-0.05, 0) is 31.2 Å². The molecule has 0 aliphatic carbocycles. The number of aromatic nitrogens is 1. The first-order chi connectivity index (χ1) is 7.74. The summed E-state index contributed by atoms with van der Waals surface area (Å²) >= 11 is 1.52. The third-order valence-corrected chi connectivity index (χ3v) is 3.56. The number of rotatable bonds is 3. The van der Waals surface area contributed by atoms with Gasteiger partial charge >= 0.3 is 0 Å². The summed E-state index contributed by atoms with van der Waals surface area (Å²) < 4.78 is 5.10. The van der Waals surface area contributed by atoms with E-state index in [1.54, 1.807) is 7.11 Å². The van der Waals surface area contributed by atoms with Crippen molar-refractivity contribution in [3.8, 4) is 16.3 Å². The molecule has 84 valence electrons. The van der Waals surface area contributed by atoms with Crippen LogP contribution in [0.2, 0.25) is 0 Å². The van der Waals surface area contributed by atoms with Crippen LogP contribution < -0.4 is 4.74 Å². The molecular formula is C12H13NO2S. The van der Waals surface area contributed by atoms with E-state index >= 15 is 0 Å². The molecule has 0 amide bonds. The molecule has 1 aromatic heterocycles. The van der Waals surface area contributed by atoms with Crippen molar-refractivity contribution in [1.82, 2.24) is 4.98 Å². The van der Waals surface area contributed by atoms with Gasteiger partial charge in [-0.1, -0.05) is 0 Å². The lowest BCUT2D eigenvalue weighted by molar-refractivity contribution is 0.284. The molecular weight excluding hydrogens is 222 g/mol. The highest BCUT2D eigenvalue weighted by molar-refractivity contribution is 7.15. The molecule has 0 saturated carbocycles. The van der Waals surface area contributed by atoms with Crippen molar-refractivity contribution in [2.24, 2.45) is 0 Å². The largest absolute Gasteiger partial charge is 0.497 e. The van der Waals surface area contributed by atoms with E-state index in [1.165, 1.54) is 11.3 Å². The summed E-state index contributed by atoms with van der Waals surface area (Å²) in [7, 11) is 1.65. The van der Waals surface area contributed by atoms with E-state index in [-0.39, 0.29) is 6.61 Å². The Labute approximate surface area is 98.4 Å². The van der Waals surface area contributed by atoms with Gasteiger partial charge in [0.15, 0.2) is 0 Å². The first-order valence-electron chi connectivity index (χ1n) is 4.96. The summed E-state index contributed by atoms with van der Waals surface area (Å²) in [6, 6.07) is 7.76. The van der Waals surface area contributed by atoms with E-state index < -0.39 is 0 Å². The molecule has 4 heteroatoms. The quantitative estimate of drug-likeness (QED) is 0.889. The fourth-order valence-electron chi connectivity index (χ4n) is 1.43. The Morgan fingerprint density at radius 1 is 1.31 bits per heavy atom. The summed E-state index contributed by atoms with van der Waals surface area (Å²) in [6.45, 7) is 1.97. The number of aliphatic hydroxyl groups is 1. The van der Waals surface area contributed by atoms with E-state index in [0.717, 1.165) is 26.9 Å². The molecule has 0 saturated heterocycles. The van der Waals surface area contributed by atoms with Crippen LogP contribution in [-0.2, 0) is 6.61 Å². The maximum atomic E-state index is 9.11. The second-order valence-electron chi connectivity index (χ2n) is 3.41. The first kappa shape index (κ1) is 11.1. The summed E-state index contributed by atoms with van der Waals surface area (Å²) in [5.41, 5.74) is 1.95. The summed E-state index contributed by atoms with van der Waals surface area (Å²) in [6.07, 6.45) is 0. The maximum Gasteiger partial charge on any atom is 0.123 e. The van der Waals surface area contributed by atoms with Crippen molar-refractivity contribution in [2.45, 2.75) is 13.5 Å².